The van der Waals surface area contributed by atoms with E-state index in [0.717, 1.165) is 43.6 Å². The van der Waals surface area contributed by atoms with Crippen molar-refractivity contribution in [2.45, 2.75) is 32.1 Å². The smallest absolute Gasteiger partial charge is 0.376 e. The Kier molecular flexibility index (Phi) is 4.72. The molecule has 0 unspecified atom stereocenters. The zero-order chi connectivity index (χ0) is 17.4. The molecule has 2 aromatic heterocycles. The lowest BCUT2D eigenvalue weighted by Gasteiger charge is -2.32. The highest BCUT2D eigenvalue weighted by Gasteiger charge is 2.28. The van der Waals surface area contributed by atoms with Gasteiger partial charge in [-0.25, -0.2) is 9.67 Å². The minimum absolute atomic E-state index is 0.197. The van der Waals surface area contributed by atoms with Gasteiger partial charge in [-0.05, 0) is 56.3 Å². The van der Waals surface area contributed by atoms with Gasteiger partial charge in [-0.15, -0.1) is 5.10 Å². The van der Waals surface area contributed by atoms with Gasteiger partial charge in [0, 0.05) is 0 Å². The van der Waals surface area contributed by atoms with Crippen LogP contribution in [0.25, 0.3) is 16.7 Å². The summed E-state index contributed by atoms with van der Waals surface area (Å²) in [6.45, 7) is 4.67. The molecule has 0 radical (unpaired) electrons. The van der Waals surface area contributed by atoms with Crippen molar-refractivity contribution in [3.8, 4) is 0 Å². The maximum absolute atomic E-state index is 9.72. The van der Waals surface area contributed by atoms with Crippen LogP contribution in [0.15, 0.2) is 6.08 Å². The quantitative estimate of drug-likeness (QED) is 0.652. The molecular weight excluding hydrogens is 342 g/mol. The summed E-state index contributed by atoms with van der Waals surface area (Å²) in [5.74, 6) is 0. The molecule has 0 spiro atoms. The first-order valence-electron chi connectivity index (χ1n) is 8.61. The van der Waals surface area contributed by atoms with E-state index >= 15 is 0 Å². The summed E-state index contributed by atoms with van der Waals surface area (Å²) in [6, 6.07) is 0.197. The Bertz CT molecular complexity index is 803. The van der Waals surface area contributed by atoms with E-state index in [-0.39, 0.29) is 11.3 Å². The van der Waals surface area contributed by atoms with Gasteiger partial charge in [0.1, 0.15) is 5.69 Å². The first-order valence-corrected chi connectivity index (χ1v) is 8.99. The van der Waals surface area contributed by atoms with E-state index in [1.807, 2.05) is 10.8 Å². The molecule has 0 atom stereocenters. The molecule has 4 rings (SSSR count). The SMILES string of the molecule is CB(O)N1CCC(n2nnc3c(C4=CCOCC4)nc(Cl)nc32)CC1. The van der Waals surface area contributed by atoms with Gasteiger partial charge in [-0.3, -0.25) is 0 Å². The average Bonchev–Trinajstić information content (AvgIpc) is 3.05. The summed E-state index contributed by atoms with van der Waals surface area (Å²) in [7, 11) is -0.419. The van der Waals surface area contributed by atoms with Crippen molar-refractivity contribution in [3.63, 3.8) is 0 Å². The topological polar surface area (TPSA) is 89.2 Å². The third-order valence-electron chi connectivity index (χ3n) is 4.94. The Hall–Kier alpha value is -1.55. The molecule has 2 aromatic rings. The van der Waals surface area contributed by atoms with E-state index in [0.29, 0.717) is 24.4 Å². The molecule has 0 aromatic carbocycles. The third-order valence-corrected chi connectivity index (χ3v) is 5.11. The minimum Gasteiger partial charge on any atom is -0.437 e. The van der Waals surface area contributed by atoms with Crippen LogP contribution >= 0.6 is 11.6 Å². The second-order valence-corrected chi connectivity index (χ2v) is 6.84. The molecule has 132 valence electrons. The maximum Gasteiger partial charge on any atom is 0.376 e. The van der Waals surface area contributed by atoms with Crippen molar-refractivity contribution < 1.29 is 9.76 Å². The lowest BCUT2D eigenvalue weighted by atomic mass is 9.82. The van der Waals surface area contributed by atoms with Crippen LogP contribution in [0.2, 0.25) is 12.1 Å². The Morgan fingerprint density at radius 3 is 2.80 bits per heavy atom. The highest BCUT2D eigenvalue weighted by atomic mass is 35.5. The summed E-state index contributed by atoms with van der Waals surface area (Å²) in [6.07, 6.45) is 4.57. The van der Waals surface area contributed by atoms with E-state index in [9.17, 15) is 5.02 Å². The third kappa shape index (κ3) is 3.29. The van der Waals surface area contributed by atoms with Crippen LogP contribution in [0.3, 0.4) is 0 Å². The summed E-state index contributed by atoms with van der Waals surface area (Å²) < 4.78 is 7.24. The van der Waals surface area contributed by atoms with E-state index in [2.05, 4.69) is 25.1 Å². The van der Waals surface area contributed by atoms with Gasteiger partial charge in [-0.2, -0.15) is 4.98 Å². The number of rotatable bonds is 3. The number of aromatic nitrogens is 5. The van der Waals surface area contributed by atoms with E-state index < -0.39 is 7.05 Å². The van der Waals surface area contributed by atoms with Gasteiger partial charge in [0.25, 0.3) is 0 Å². The van der Waals surface area contributed by atoms with Crippen molar-refractivity contribution in [2.24, 2.45) is 0 Å². The molecule has 0 saturated carbocycles. The zero-order valence-corrected chi connectivity index (χ0v) is 14.9. The van der Waals surface area contributed by atoms with E-state index in [4.69, 9.17) is 16.3 Å². The minimum atomic E-state index is -0.419. The van der Waals surface area contributed by atoms with Gasteiger partial charge in [0.15, 0.2) is 11.2 Å². The molecule has 0 bridgehead atoms. The molecule has 2 aliphatic rings. The standard InChI is InChI=1S/C15H20BClN6O2/c1-16(24)22-6-2-11(3-7-22)23-14-13(20-21-23)12(18-15(17)19-14)10-4-8-25-9-5-10/h4,11,24H,2-3,5-9H2,1H3. The monoisotopic (exact) mass is 362 g/mol. The number of piperidine rings is 1. The van der Waals surface area contributed by atoms with Crippen molar-refractivity contribution in [2.75, 3.05) is 26.3 Å². The van der Waals surface area contributed by atoms with Crippen LogP contribution < -0.4 is 0 Å². The van der Waals surface area contributed by atoms with Crippen molar-refractivity contribution in [3.05, 3.63) is 17.1 Å². The lowest BCUT2D eigenvalue weighted by molar-refractivity contribution is 0.161. The number of halogens is 1. The second-order valence-electron chi connectivity index (χ2n) is 6.50. The molecule has 1 fully saturated rings. The molecule has 1 saturated heterocycles. The number of hydrogen-bond acceptors (Lipinski definition) is 7. The van der Waals surface area contributed by atoms with E-state index in [1.165, 1.54) is 0 Å². The van der Waals surface area contributed by atoms with Crippen molar-refractivity contribution in [1.29, 1.82) is 0 Å². The zero-order valence-electron chi connectivity index (χ0n) is 14.1. The number of nitrogens with zero attached hydrogens (tertiary/aromatic N) is 6. The molecule has 1 N–H and O–H groups in total. The Labute approximate surface area is 151 Å². The van der Waals surface area contributed by atoms with Crippen LogP contribution in [-0.2, 0) is 4.74 Å². The van der Waals surface area contributed by atoms with Gasteiger partial charge in [-0.1, -0.05) is 11.3 Å². The summed E-state index contributed by atoms with van der Waals surface area (Å²) in [5.41, 5.74) is 3.20. The second kappa shape index (κ2) is 6.99. The van der Waals surface area contributed by atoms with Crippen LogP contribution in [0.4, 0.5) is 0 Å². The van der Waals surface area contributed by atoms with Crippen molar-refractivity contribution >= 4 is 35.4 Å². The Balaban J connectivity index is 1.68. The Morgan fingerprint density at radius 1 is 1.32 bits per heavy atom. The highest BCUT2D eigenvalue weighted by molar-refractivity contribution is 6.45. The first kappa shape index (κ1) is 16.9. The highest BCUT2D eigenvalue weighted by Crippen LogP contribution is 2.30. The van der Waals surface area contributed by atoms with E-state index in [1.54, 1.807) is 6.82 Å². The fourth-order valence-electron chi connectivity index (χ4n) is 3.52. The van der Waals surface area contributed by atoms with Crippen molar-refractivity contribution in [1.82, 2.24) is 29.8 Å². The van der Waals surface area contributed by atoms with Crippen LogP contribution in [-0.4, -0.2) is 68.2 Å². The van der Waals surface area contributed by atoms with Crippen LogP contribution in [0, 0.1) is 0 Å². The van der Waals surface area contributed by atoms with Gasteiger partial charge < -0.3 is 14.6 Å². The molecule has 4 heterocycles. The van der Waals surface area contributed by atoms with Gasteiger partial charge >= 0.3 is 7.05 Å². The molecule has 25 heavy (non-hydrogen) atoms. The molecule has 10 heteroatoms. The lowest BCUT2D eigenvalue weighted by Crippen LogP contribution is -2.43. The maximum atomic E-state index is 9.72. The predicted octanol–water partition coefficient (Wildman–Crippen LogP) is 1.43. The number of ether oxygens (including phenoxy) is 1. The van der Waals surface area contributed by atoms with Gasteiger partial charge in [0.05, 0.1) is 19.3 Å². The Morgan fingerprint density at radius 2 is 2.12 bits per heavy atom. The predicted molar refractivity (Wildman–Crippen MR) is 95.2 cm³/mol. The first-order chi connectivity index (χ1) is 12.1. The summed E-state index contributed by atoms with van der Waals surface area (Å²) in [4.78, 5) is 10.8. The number of fused-ring (bicyclic) bond motifs is 1. The fourth-order valence-corrected chi connectivity index (χ4v) is 3.68. The average molecular weight is 363 g/mol. The largest absolute Gasteiger partial charge is 0.437 e. The molecular formula is C15H20BClN6O2. The molecule has 2 aliphatic heterocycles. The summed E-state index contributed by atoms with van der Waals surface area (Å²) in [5, 5.41) is 18.6. The van der Waals surface area contributed by atoms with Crippen LogP contribution in [0.1, 0.15) is 31.0 Å². The summed E-state index contributed by atoms with van der Waals surface area (Å²) >= 11 is 6.18. The fraction of sp³-hybridized carbons (Fsp3) is 0.600. The molecule has 8 nitrogen and oxygen atoms in total. The normalized spacial score (nSPS) is 20.0. The van der Waals surface area contributed by atoms with Crippen LogP contribution in [0.5, 0.6) is 0 Å². The molecule has 0 aliphatic carbocycles. The van der Waals surface area contributed by atoms with Gasteiger partial charge in [0.2, 0.25) is 5.28 Å². The number of hydrogen-bond donors (Lipinski definition) is 1. The molecule has 0 amide bonds.